The van der Waals surface area contributed by atoms with Crippen molar-refractivity contribution in [1.29, 1.82) is 0 Å². The Balaban J connectivity index is 3.43. The van der Waals surface area contributed by atoms with Gasteiger partial charge in [-0.3, -0.25) is 0 Å². The summed E-state index contributed by atoms with van der Waals surface area (Å²) in [5, 5.41) is 0. The maximum absolute atomic E-state index is 2.75. The van der Waals surface area contributed by atoms with Gasteiger partial charge in [-0.25, -0.2) is 0 Å². The van der Waals surface area contributed by atoms with Crippen LogP contribution in [0.3, 0.4) is 0 Å². The molecule has 0 aromatic rings. The molecule has 3 heteroatoms. The minimum absolute atomic E-state index is 1.24. The second-order valence-electron chi connectivity index (χ2n) is 2.11. The molecule has 0 N–H and O–H groups in total. The predicted molar refractivity (Wildman–Crippen MR) is 64.0 cm³/mol. The average Bonchev–Trinajstić information content (AvgIpc) is 1.64. The number of hydrogen-bond acceptors (Lipinski definition) is 0. The SMILES string of the molecule is CCC[Te](I)(I)CCC. The van der Waals surface area contributed by atoms with E-state index < -0.39 is 10.3 Å². The van der Waals surface area contributed by atoms with E-state index in [0.717, 1.165) is 0 Å². The van der Waals surface area contributed by atoms with Crippen molar-refractivity contribution in [2.24, 2.45) is 0 Å². The first-order valence-corrected chi connectivity index (χ1v) is 20.2. The van der Waals surface area contributed by atoms with Gasteiger partial charge in [-0.15, -0.1) is 0 Å². The molecule has 0 aliphatic carbocycles. The fraction of sp³-hybridized carbons (Fsp3) is 1.00. The molecule has 0 aromatic carbocycles. The number of rotatable bonds is 4. The van der Waals surface area contributed by atoms with E-state index in [1.807, 2.05) is 0 Å². The van der Waals surface area contributed by atoms with Crippen LogP contribution >= 0.6 is 37.4 Å². The zero-order chi connectivity index (χ0) is 7.33. The summed E-state index contributed by atoms with van der Waals surface area (Å²) in [5.74, 6) is 0. The third kappa shape index (κ3) is 6.64. The molecule has 0 nitrogen and oxygen atoms in total. The molecule has 0 heterocycles. The van der Waals surface area contributed by atoms with Gasteiger partial charge in [0.25, 0.3) is 0 Å². The Labute approximate surface area is 81.9 Å². The molecule has 0 aliphatic heterocycles. The quantitative estimate of drug-likeness (QED) is 0.431. The van der Waals surface area contributed by atoms with Crippen LogP contribution in [0.1, 0.15) is 26.7 Å². The Hall–Kier alpha value is 2.25. The fourth-order valence-corrected chi connectivity index (χ4v) is 16.5. The van der Waals surface area contributed by atoms with Gasteiger partial charge in [0.15, 0.2) is 0 Å². The molecule has 0 atom stereocenters. The molecule has 0 rings (SSSR count). The third-order valence-electron chi connectivity index (χ3n) is 1.01. The summed E-state index contributed by atoms with van der Waals surface area (Å²) in [6.07, 6.45) is 2.79. The summed E-state index contributed by atoms with van der Waals surface area (Å²) in [6, 6.07) is 0. The Morgan fingerprint density at radius 1 is 1.00 bits per heavy atom. The van der Waals surface area contributed by atoms with E-state index in [0.29, 0.717) is 0 Å². The van der Waals surface area contributed by atoms with Crippen LogP contribution in [0.4, 0.5) is 0 Å². The van der Waals surface area contributed by atoms with E-state index >= 15 is 0 Å². The van der Waals surface area contributed by atoms with Gasteiger partial charge in [0.2, 0.25) is 0 Å². The molecular formula is C6H14I2Te. The van der Waals surface area contributed by atoms with Crippen molar-refractivity contribution in [2.75, 3.05) is 0 Å². The summed E-state index contributed by atoms with van der Waals surface area (Å²) in [4.78, 5) is 0. The maximum atomic E-state index is 2.75. The van der Waals surface area contributed by atoms with Crippen molar-refractivity contribution in [1.82, 2.24) is 0 Å². The van der Waals surface area contributed by atoms with Gasteiger partial charge in [0, 0.05) is 0 Å². The Bertz CT molecular complexity index is 65.5. The average molecular weight is 468 g/mol. The van der Waals surface area contributed by atoms with Gasteiger partial charge in [0.1, 0.15) is 0 Å². The molecule has 58 valence electrons. The fourth-order valence-electron chi connectivity index (χ4n) is 0.699. The summed E-state index contributed by atoms with van der Waals surface area (Å²) >= 11 is 5.50. The predicted octanol–water partition coefficient (Wildman–Crippen LogP) is 4.12. The van der Waals surface area contributed by atoms with Crippen LogP contribution < -0.4 is 0 Å². The standard InChI is InChI=1S/C6H14I2Te/c1-3-5-9(7,8)6-4-2/h3-6H2,1-2H3. The molecule has 0 radical (unpaired) electrons. The first-order chi connectivity index (χ1) is 4.12. The minimum atomic E-state index is -1.24. The summed E-state index contributed by atoms with van der Waals surface area (Å²) in [7, 11) is -1.24. The summed E-state index contributed by atoms with van der Waals surface area (Å²) in [6.45, 7) is 4.60. The Morgan fingerprint density at radius 3 is 1.56 bits per heavy atom. The van der Waals surface area contributed by atoms with E-state index in [2.05, 4.69) is 51.2 Å². The van der Waals surface area contributed by atoms with Gasteiger partial charge in [-0.2, -0.15) is 0 Å². The van der Waals surface area contributed by atoms with Crippen LogP contribution in [-0.2, 0) is 0 Å². The van der Waals surface area contributed by atoms with Crippen LogP contribution in [0, 0.1) is 0 Å². The van der Waals surface area contributed by atoms with Crippen molar-refractivity contribution in [3.63, 3.8) is 0 Å². The molecule has 0 saturated carbocycles. The van der Waals surface area contributed by atoms with E-state index in [1.54, 1.807) is 0 Å². The molecule has 0 unspecified atom stereocenters. The second kappa shape index (κ2) is 5.84. The first kappa shape index (κ1) is 11.2. The molecule has 0 spiro atoms. The molecule has 0 aromatic heterocycles. The van der Waals surface area contributed by atoms with E-state index in [9.17, 15) is 0 Å². The number of halogens is 2. The molecule has 0 saturated heterocycles. The van der Waals surface area contributed by atoms with E-state index in [1.165, 1.54) is 21.8 Å². The van der Waals surface area contributed by atoms with Crippen LogP contribution in [0.2, 0.25) is 8.94 Å². The Kier molecular flexibility index (Phi) is 7.30. The van der Waals surface area contributed by atoms with Crippen LogP contribution in [0.15, 0.2) is 0 Å². The first-order valence-electron chi connectivity index (χ1n) is 3.30. The number of hydrogen-bond donors (Lipinski definition) is 0. The molecular weight excluding hydrogens is 453 g/mol. The van der Waals surface area contributed by atoms with E-state index in [4.69, 9.17) is 0 Å². The van der Waals surface area contributed by atoms with Crippen molar-refractivity contribution >= 4 is 47.7 Å². The van der Waals surface area contributed by atoms with Crippen LogP contribution in [-0.4, -0.2) is 10.3 Å². The van der Waals surface area contributed by atoms with E-state index in [-0.39, 0.29) is 0 Å². The zero-order valence-electron chi connectivity index (χ0n) is 5.99. The van der Waals surface area contributed by atoms with Crippen LogP contribution in [0.5, 0.6) is 0 Å². The van der Waals surface area contributed by atoms with Crippen molar-refractivity contribution in [3.8, 4) is 0 Å². The molecule has 0 fully saturated rings. The van der Waals surface area contributed by atoms with Gasteiger partial charge >= 0.3 is 83.3 Å². The van der Waals surface area contributed by atoms with Gasteiger partial charge in [-0.05, 0) is 0 Å². The molecule has 9 heavy (non-hydrogen) atoms. The normalized spacial score (nSPS) is 13.8. The molecule has 0 aliphatic rings. The van der Waals surface area contributed by atoms with Crippen molar-refractivity contribution in [3.05, 3.63) is 0 Å². The van der Waals surface area contributed by atoms with Crippen molar-refractivity contribution in [2.45, 2.75) is 35.6 Å². The van der Waals surface area contributed by atoms with Crippen LogP contribution in [0.25, 0.3) is 0 Å². The third-order valence-corrected chi connectivity index (χ3v) is 18.6. The summed E-state index contributed by atoms with van der Waals surface area (Å²) in [5.41, 5.74) is 0. The summed E-state index contributed by atoms with van der Waals surface area (Å²) < 4.78 is 3.08. The molecule has 0 bridgehead atoms. The Morgan fingerprint density at radius 2 is 1.33 bits per heavy atom. The molecule has 0 amide bonds. The van der Waals surface area contributed by atoms with Gasteiger partial charge < -0.3 is 0 Å². The monoisotopic (exact) mass is 470 g/mol. The second-order valence-corrected chi connectivity index (χ2v) is 42.4. The van der Waals surface area contributed by atoms with Crippen molar-refractivity contribution < 1.29 is 0 Å². The van der Waals surface area contributed by atoms with Gasteiger partial charge in [-0.1, -0.05) is 0 Å². The zero-order valence-corrected chi connectivity index (χ0v) is 12.6. The topological polar surface area (TPSA) is 0 Å². The van der Waals surface area contributed by atoms with Gasteiger partial charge in [0.05, 0.1) is 0 Å².